The maximum Gasteiger partial charge on any atom is 0.230 e. The molecule has 4 rings (SSSR count). The zero-order valence-corrected chi connectivity index (χ0v) is 17.7. The summed E-state index contributed by atoms with van der Waals surface area (Å²) in [4.78, 5) is 12.2. The van der Waals surface area contributed by atoms with E-state index in [0.717, 1.165) is 21.5 Å². The van der Waals surface area contributed by atoms with Crippen molar-refractivity contribution in [2.45, 2.75) is 11.7 Å². The van der Waals surface area contributed by atoms with Crippen LogP contribution < -0.4 is 5.32 Å². The first kappa shape index (κ1) is 19.5. The Morgan fingerprint density at radius 1 is 1.03 bits per heavy atom. The van der Waals surface area contributed by atoms with Crippen LogP contribution in [-0.2, 0) is 11.3 Å². The third-order valence-electron chi connectivity index (χ3n) is 4.12. The minimum Gasteiger partial charge on any atom is -0.467 e. The SMILES string of the molecule is O=C(CSc1nnc(-c2ccc(Br)cc2)n1-c1ccccc1)NCc1ccco1. The van der Waals surface area contributed by atoms with E-state index in [0.29, 0.717) is 17.5 Å². The van der Waals surface area contributed by atoms with Gasteiger partial charge in [0.25, 0.3) is 0 Å². The molecule has 0 aliphatic carbocycles. The highest BCUT2D eigenvalue weighted by molar-refractivity contribution is 9.10. The molecule has 0 fully saturated rings. The molecule has 0 saturated heterocycles. The van der Waals surface area contributed by atoms with E-state index in [4.69, 9.17) is 4.42 Å². The molecule has 1 amide bonds. The third-order valence-corrected chi connectivity index (χ3v) is 5.58. The van der Waals surface area contributed by atoms with Crippen LogP contribution in [-0.4, -0.2) is 26.4 Å². The van der Waals surface area contributed by atoms with Crippen molar-refractivity contribution >= 4 is 33.6 Å². The second-order valence-corrected chi connectivity index (χ2v) is 7.99. The number of para-hydroxylation sites is 1. The number of aromatic nitrogens is 3. The normalized spacial score (nSPS) is 10.8. The van der Waals surface area contributed by atoms with E-state index >= 15 is 0 Å². The van der Waals surface area contributed by atoms with Crippen LogP contribution in [0.4, 0.5) is 0 Å². The van der Waals surface area contributed by atoms with E-state index in [1.165, 1.54) is 11.8 Å². The number of nitrogens with zero attached hydrogens (tertiary/aromatic N) is 3. The van der Waals surface area contributed by atoms with Gasteiger partial charge in [-0.3, -0.25) is 9.36 Å². The fourth-order valence-electron chi connectivity index (χ4n) is 2.74. The molecule has 0 saturated carbocycles. The highest BCUT2D eigenvalue weighted by atomic mass is 79.9. The maximum atomic E-state index is 12.2. The van der Waals surface area contributed by atoms with E-state index < -0.39 is 0 Å². The molecule has 0 atom stereocenters. The minimum atomic E-state index is -0.0980. The van der Waals surface area contributed by atoms with Crippen molar-refractivity contribution in [3.8, 4) is 17.1 Å². The van der Waals surface area contributed by atoms with Crippen molar-refractivity contribution in [1.82, 2.24) is 20.1 Å². The van der Waals surface area contributed by atoms with Gasteiger partial charge in [0.05, 0.1) is 18.6 Å². The largest absolute Gasteiger partial charge is 0.467 e. The van der Waals surface area contributed by atoms with Crippen LogP contribution in [0.3, 0.4) is 0 Å². The number of benzene rings is 2. The predicted octanol–water partition coefficient (Wildman–Crippen LogP) is 4.70. The quantitative estimate of drug-likeness (QED) is 0.398. The molecule has 0 spiro atoms. The molecule has 29 heavy (non-hydrogen) atoms. The van der Waals surface area contributed by atoms with E-state index in [9.17, 15) is 4.79 Å². The van der Waals surface area contributed by atoms with Crippen LogP contribution in [0.2, 0.25) is 0 Å². The predicted molar refractivity (Wildman–Crippen MR) is 116 cm³/mol. The molecule has 4 aromatic rings. The van der Waals surface area contributed by atoms with Crippen LogP contribution in [0.25, 0.3) is 17.1 Å². The van der Waals surface area contributed by atoms with Gasteiger partial charge in [-0.05, 0) is 36.4 Å². The number of hydrogen-bond donors (Lipinski definition) is 1. The summed E-state index contributed by atoms with van der Waals surface area (Å²) in [7, 11) is 0. The summed E-state index contributed by atoms with van der Waals surface area (Å²) in [5, 5.41) is 12.2. The summed E-state index contributed by atoms with van der Waals surface area (Å²) in [6, 6.07) is 21.4. The number of carbonyl (C=O) groups is 1. The lowest BCUT2D eigenvalue weighted by Gasteiger charge is -2.10. The molecule has 2 aromatic carbocycles. The summed E-state index contributed by atoms with van der Waals surface area (Å²) in [5.41, 5.74) is 1.88. The molecular weight excluding hydrogens is 452 g/mol. The molecule has 0 aliphatic rings. The second-order valence-electron chi connectivity index (χ2n) is 6.13. The number of amides is 1. The monoisotopic (exact) mass is 468 g/mol. The van der Waals surface area contributed by atoms with Gasteiger partial charge in [0, 0.05) is 15.7 Å². The lowest BCUT2D eigenvalue weighted by molar-refractivity contribution is -0.118. The summed E-state index contributed by atoms with van der Waals surface area (Å²) >= 11 is 4.80. The van der Waals surface area contributed by atoms with Crippen molar-refractivity contribution in [1.29, 1.82) is 0 Å². The number of hydrogen-bond acceptors (Lipinski definition) is 5. The average molecular weight is 469 g/mol. The summed E-state index contributed by atoms with van der Waals surface area (Å²) in [6.07, 6.45) is 1.59. The first-order chi connectivity index (χ1) is 14.2. The summed E-state index contributed by atoms with van der Waals surface area (Å²) < 4.78 is 8.19. The molecule has 0 aliphatic heterocycles. The topological polar surface area (TPSA) is 73.0 Å². The second kappa shape index (κ2) is 9.11. The van der Waals surface area contributed by atoms with Crippen LogP contribution in [0.1, 0.15) is 5.76 Å². The van der Waals surface area contributed by atoms with Crippen molar-refractivity contribution in [3.05, 3.63) is 83.2 Å². The van der Waals surface area contributed by atoms with Crippen molar-refractivity contribution in [3.63, 3.8) is 0 Å². The molecule has 0 unspecified atom stereocenters. The van der Waals surface area contributed by atoms with Gasteiger partial charge in [0.15, 0.2) is 11.0 Å². The van der Waals surface area contributed by atoms with E-state index in [1.807, 2.05) is 65.2 Å². The Labute approximate surface area is 180 Å². The molecule has 1 N–H and O–H groups in total. The van der Waals surface area contributed by atoms with Crippen LogP contribution in [0, 0.1) is 0 Å². The lowest BCUT2D eigenvalue weighted by Crippen LogP contribution is -2.24. The van der Waals surface area contributed by atoms with Crippen molar-refractivity contribution < 1.29 is 9.21 Å². The number of furan rings is 1. The molecule has 0 bridgehead atoms. The fourth-order valence-corrected chi connectivity index (χ4v) is 3.79. The Morgan fingerprint density at radius 2 is 1.83 bits per heavy atom. The molecular formula is C21H17BrN4O2S. The van der Waals surface area contributed by atoms with Crippen molar-refractivity contribution in [2.24, 2.45) is 0 Å². The summed E-state index contributed by atoms with van der Waals surface area (Å²) in [6.45, 7) is 0.363. The first-order valence-corrected chi connectivity index (χ1v) is 10.7. The Morgan fingerprint density at radius 3 is 2.55 bits per heavy atom. The van der Waals surface area contributed by atoms with E-state index in [1.54, 1.807) is 12.3 Å². The Balaban J connectivity index is 1.55. The molecule has 6 nitrogen and oxygen atoms in total. The van der Waals surface area contributed by atoms with Gasteiger partial charge in [-0.15, -0.1) is 10.2 Å². The number of carbonyl (C=O) groups excluding carboxylic acids is 1. The molecule has 146 valence electrons. The highest BCUT2D eigenvalue weighted by Gasteiger charge is 2.17. The smallest absolute Gasteiger partial charge is 0.230 e. The van der Waals surface area contributed by atoms with Gasteiger partial charge in [-0.25, -0.2) is 0 Å². The maximum absolute atomic E-state index is 12.2. The zero-order valence-electron chi connectivity index (χ0n) is 15.3. The summed E-state index contributed by atoms with van der Waals surface area (Å²) in [5.74, 6) is 1.57. The van der Waals surface area contributed by atoms with Gasteiger partial charge >= 0.3 is 0 Å². The standard InChI is InChI=1S/C21H17BrN4O2S/c22-16-10-8-15(9-11-16)20-24-25-21(26(20)17-5-2-1-3-6-17)29-14-19(27)23-13-18-7-4-12-28-18/h1-12H,13-14H2,(H,23,27). The van der Waals surface area contributed by atoms with Crippen LogP contribution >= 0.6 is 27.7 Å². The van der Waals surface area contributed by atoms with Gasteiger partial charge in [0.1, 0.15) is 5.76 Å². The van der Waals surface area contributed by atoms with Gasteiger partial charge in [-0.2, -0.15) is 0 Å². The highest BCUT2D eigenvalue weighted by Crippen LogP contribution is 2.28. The third kappa shape index (κ3) is 4.78. The molecule has 2 heterocycles. The first-order valence-electron chi connectivity index (χ1n) is 8.89. The minimum absolute atomic E-state index is 0.0980. The fraction of sp³-hybridized carbons (Fsp3) is 0.0952. The number of nitrogens with one attached hydrogen (secondary N) is 1. The van der Waals surface area contributed by atoms with Crippen molar-refractivity contribution in [2.75, 3.05) is 5.75 Å². The van der Waals surface area contributed by atoms with Crippen LogP contribution in [0.15, 0.2) is 87.0 Å². The van der Waals surface area contributed by atoms with Crippen LogP contribution in [0.5, 0.6) is 0 Å². The molecule has 0 radical (unpaired) electrons. The average Bonchev–Trinajstić information content (AvgIpc) is 3.42. The molecule has 8 heteroatoms. The number of thioether (sulfide) groups is 1. The lowest BCUT2D eigenvalue weighted by atomic mass is 10.2. The van der Waals surface area contributed by atoms with Gasteiger partial charge in [-0.1, -0.05) is 58.0 Å². The Bertz CT molecular complexity index is 1080. The van der Waals surface area contributed by atoms with E-state index in [2.05, 4.69) is 31.4 Å². The zero-order chi connectivity index (χ0) is 20.1. The number of halogens is 1. The number of rotatable bonds is 7. The van der Waals surface area contributed by atoms with E-state index in [-0.39, 0.29) is 11.7 Å². The van der Waals surface area contributed by atoms with Gasteiger partial charge < -0.3 is 9.73 Å². The Kier molecular flexibility index (Phi) is 6.12. The van der Waals surface area contributed by atoms with Gasteiger partial charge in [0.2, 0.25) is 5.91 Å². The molecule has 2 aromatic heterocycles. The Hall–Kier alpha value is -2.84.